The second-order valence-corrected chi connectivity index (χ2v) is 6.96. The lowest BCUT2D eigenvalue weighted by atomic mass is 9.80. The van der Waals surface area contributed by atoms with Crippen molar-refractivity contribution in [3.05, 3.63) is 59.7 Å². The molecule has 156 valence electrons. The van der Waals surface area contributed by atoms with Crippen LogP contribution in [0.4, 0.5) is 0 Å². The van der Waals surface area contributed by atoms with Gasteiger partial charge in [0.2, 0.25) is 0 Å². The van der Waals surface area contributed by atoms with Gasteiger partial charge in [0.15, 0.2) is 0 Å². The molecule has 28 heavy (non-hydrogen) atoms. The summed E-state index contributed by atoms with van der Waals surface area (Å²) in [4.78, 5) is 0. The van der Waals surface area contributed by atoms with Gasteiger partial charge in [0.05, 0.1) is 13.2 Å². The lowest BCUT2D eigenvalue weighted by molar-refractivity contribution is 0.104. The van der Waals surface area contributed by atoms with Gasteiger partial charge in [0.25, 0.3) is 0 Å². The smallest absolute Gasteiger partial charge is 0.122 e. The van der Waals surface area contributed by atoms with Crippen LogP contribution in [-0.2, 0) is 0 Å². The van der Waals surface area contributed by atoms with Crippen LogP contribution in [0.2, 0.25) is 0 Å². The fraction of sp³-hybridized carbons (Fsp3) is 0.538. The van der Waals surface area contributed by atoms with Crippen LogP contribution in [0, 0.1) is 25.7 Å². The number of benzene rings is 2. The molecule has 2 aromatic rings. The summed E-state index contributed by atoms with van der Waals surface area (Å²) in [5.74, 6) is 3.20. The maximum Gasteiger partial charge on any atom is 0.122 e. The van der Waals surface area contributed by atoms with E-state index in [9.17, 15) is 0 Å². The van der Waals surface area contributed by atoms with Gasteiger partial charge in [-0.1, -0.05) is 76.9 Å². The summed E-state index contributed by atoms with van der Waals surface area (Å²) in [7, 11) is 0. The highest BCUT2D eigenvalue weighted by molar-refractivity contribution is 5.32. The monoisotopic (exact) mass is 384 g/mol. The average Bonchev–Trinajstić information content (AvgIpc) is 2.76. The van der Waals surface area contributed by atoms with Crippen molar-refractivity contribution in [1.29, 1.82) is 0 Å². The number of hydrogen-bond donors (Lipinski definition) is 0. The van der Waals surface area contributed by atoms with E-state index in [2.05, 4.69) is 50.2 Å². The van der Waals surface area contributed by atoms with E-state index in [0.717, 1.165) is 24.7 Å². The van der Waals surface area contributed by atoms with Crippen LogP contribution < -0.4 is 9.47 Å². The Labute approximate surface area is 173 Å². The Morgan fingerprint density at radius 3 is 1.36 bits per heavy atom. The Morgan fingerprint density at radius 2 is 1.00 bits per heavy atom. The van der Waals surface area contributed by atoms with Gasteiger partial charge in [-0.15, -0.1) is 0 Å². The molecular weight excluding hydrogens is 344 g/mol. The zero-order valence-electron chi connectivity index (χ0n) is 18.8. The molecule has 2 nitrogen and oxygen atoms in total. The van der Waals surface area contributed by atoms with Crippen LogP contribution in [0.15, 0.2) is 48.5 Å². The molecule has 0 aliphatic heterocycles. The van der Waals surface area contributed by atoms with Gasteiger partial charge in [0, 0.05) is 0 Å². The molecule has 0 heterocycles. The van der Waals surface area contributed by atoms with Crippen molar-refractivity contribution < 1.29 is 9.47 Å². The van der Waals surface area contributed by atoms with Crippen molar-refractivity contribution in [2.75, 3.05) is 13.2 Å². The van der Waals surface area contributed by atoms with Crippen molar-refractivity contribution >= 4 is 0 Å². The molecule has 2 atom stereocenters. The first-order chi connectivity index (χ1) is 13.7. The van der Waals surface area contributed by atoms with Crippen LogP contribution in [-0.4, -0.2) is 13.2 Å². The molecule has 2 heteroatoms. The topological polar surface area (TPSA) is 18.5 Å². The average molecular weight is 385 g/mol. The van der Waals surface area contributed by atoms with E-state index >= 15 is 0 Å². The third-order valence-corrected chi connectivity index (χ3v) is 5.16. The number of ether oxygens (including phenoxy) is 2. The summed E-state index contributed by atoms with van der Waals surface area (Å²) >= 11 is 0. The predicted octanol–water partition coefficient (Wildman–Crippen LogP) is 7.62. The zero-order valence-corrected chi connectivity index (χ0v) is 18.8. The lowest BCUT2D eigenvalue weighted by Gasteiger charge is -2.31. The summed E-state index contributed by atoms with van der Waals surface area (Å²) < 4.78 is 12.3. The molecule has 0 saturated heterocycles. The Morgan fingerprint density at radius 1 is 0.643 bits per heavy atom. The summed E-state index contributed by atoms with van der Waals surface area (Å²) in [6, 6.07) is 16.5. The minimum Gasteiger partial charge on any atom is -0.493 e. The van der Waals surface area contributed by atoms with Gasteiger partial charge in [0.1, 0.15) is 11.5 Å². The third kappa shape index (κ3) is 7.58. The van der Waals surface area contributed by atoms with Crippen LogP contribution in [0.25, 0.3) is 0 Å². The highest BCUT2D eigenvalue weighted by Crippen LogP contribution is 2.32. The zero-order chi connectivity index (χ0) is 20.8. The molecule has 0 amide bonds. The van der Waals surface area contributed by atoms with Gasteiger partial charge in [-0.3, -0.25) is 0 Å². The van der Waals surface area contributed by atoms with Crippen LogP contribution in [0.3, 0.4) is 0 Å². The standard InChI is InChI=1S/C22H28O2.2C2H6/c1-17-9-3-7-13-21(17)23-15-19-11-5-6-12-20(19)16-24-22-14-8-4-10-18(22)2;2*1-2/h3-4,7-10,13-14,19-20H,5-6,11-12,15-16H2,1-2H3;2*1-2H3/t19-,20-;;/m0../s1. The van der Waals surface area contributed by atoms with E-state index < -0.39 is 0 Å². The first-order valence-corrected chi connectivity index (χ1v) is 11.1. The number of aryl methyl sites for hydroxylation is 2. The molecule has 1 fully saturated rings. The summed E-state index contributed by atoms with van der Waals surface area (Å²) in [5.41, 5.74) is 2.42. The van der Waals surface area contributed by atoms with E-state index in [1.54, 1.807) is 0 Å². The first-order valence-electron chi connectivity index (χ1n) is 11.1. The fourth-order valence-corrected chi connectivity index (χ4v) is 3.55. The maximum absolute atomic E-state index is 6.13. The molecule has 3 rings (SSSR count). The second-order valence-electron chi connectivity index (χ2n) is 6.96. The second kappa shape index (κ2) is 14.1. The van der Waals surface area contributed by atoms with Crippen LogP contribution in [0.1, 0.15) is 64.5 Å². The molecule has 0 bridgehead atoms. The van der Waals surface area contributed by atoms with Crippen LogP contribution in [0.5, 0.6) is 11.5 Å². The normalized spacial score (nSPS) is 18.1. The Balaban J connectivity index is 0.000000921. The van der Waals surface area contributed by atoms with E-state index in [1.807, 2.05) is 39.8 Å². The van der Waals surface area contributed by atoms with E-state index in [4.69, 9.17) is 9.47 Å². The maximum atomic E-state index is 6.13. The molecule has 2 aromatic carbocycles. The number of para-hydroxylation sites is 2. The largest absolute Gasteiger partial charge is 0.493 e. The molecule has 0 radical (unpaired) electrons. The molecule has 0 aromatic heterocycles. The lowest BCUT2D eigenvalue weighted by Crippen LogP contribution is -2.30. The third-order valence-electron chi connectivity index (χ3n) is 5.16. The van der Waals surface area contributed by atoms with E-state index in [0.29, 0.717) is 11.8 Å². The first kappa shape index (κ1) is 24.1. The van der Waals surface area contributed by atoms with Gasteiger partial charge >= 0.3 is 0 Å². The van der Waals surface area contributed by atoms with E-state index in [1.165, 1.54) is 36.8 Å². The highest BCUT2D eigenvalue weighted by atomic mass is 16.5. The van der Waals surface area contributed by atoms with Crippen molar-refractivity contribution in [1.82, 2.24) is 0 Å². The van der Waals surface area contributed by atoms with Gasteiger partial charge in [-0.25, -0.2) is 0 Å². The van der Waals surface area contributed by atoms with Crippen molar-refractivity contribution in [2.45, 2.75) is 67.2 Å². The number of rotatable bonds is 6. The minimum absolute atomic E-state index is 0.586. The highest BCUT2D eigenvalue weighted by Gasteiger charge is 2.26. The summed E-state index contributed by atoms with van der Waals surface area (Å²) in [5, 5.41) is 0. The number of hydrogen-bond acceptors (Lipinski definition) is 2. The van der Waals surface area contributed by atoms with E-state index in [-0.39, 0.29) is 0 Å². The predicted molar refractivity (Wildman–Crippen MR) is 121 cm³/mol. The molecule has 0 N–H and O–H groups in total. The Bertz CT molecular complexity index is 593. The van der Waals surface area contributed by atoms with Crippen molar-refractivity contribution in [2.24, 2.45) is 11.8 Å². The summed E-state index contributed by atoms with van der Waals surface area (Å²) in [6.45, 7) is 13.8. The molecule has 1 aliphatic rings. The fourth-order valence-electron chi connectivity index (χ4n) is 3.55. The van der Waals surface area contributed by atoms with Crippen LogP contribution >= 0.6 is 0 Å². The van der Waals surface area contributed by atoms with Gasteiger partial charge in [-0.05, 0) is 61.8 Å². The van der Waals surface area contributed by atoms with Gasteiger partial charge in [-0.2, -0.15) is 0 Å². The minimum atomic E-state index is 0.586. The molecule has 1 aliphatic carbocycles. The molecule has 1 saturated carbocycles. The SMILES string of the molecule is CC.CC.Cc1ccccc1OC[C@@H]1CCCC[C@H]1COc1ccccc1C. The van der Waals surface area contributed by atoms with Gasteiger partial charge < -0.3 is 9.47 Å². The molecule has 0 spiro atoms. The van der Waals surface area contributed by atoms with Crippen molar-refractivity contribution in [3.8, 4) is 11.5 Å². The Kier molecular flexibility index (Phi) is 12.1. The van der Waals surface area contributed by atoms with Crippen molar-refractivity contribution in [3.63, 3.8) is 0 Å². The molecule has 0 unspecified atom stereocenters. The molecular formula is C26H40O2. The Hall–Kier alpha value is -1.96. The quantitative estimate of drug-likeness (QED) is 0.510. The summed E-state index contributed by atoms with van der Waals surface area (Å²) in [6.07, 6.45) is 5.10.